The molecule has 0 bridgehead atoms. The maximum atomic E-state index is 13.0. The van der Waals surface area contributed by atoms with Gasteiger partial charge in [-0.25, -0.2) is 8.42 Å². The van der Waals surface area contributed by atoms with Gasteiger partial charge >= 0.3 is 0 Å². The number of rotatable bonds is 8. The minimum atomic E-state index is -3.99. The van der Waals surface area contributed by atoms with Crippen LogP contribution in [-0.2, 0) is 25.8 Å². The Morgan fingerprint density at radius 1 is 0.909 bits per heavy atom. The van der Waals surface area contributed by atoms with Gasteiger partial charge in [-0.3, -0.25) is 9.44 Å². The van der Waals surface area contributed by atoms with Crippen LogP contribution in [0.1, 0.15) is 5.56 Å². The topological polar surface area (TPSA) is 105 Å². The summed E-state index contributed by atoms with van der Waals surface area (Å²) in [6, 6.07) is 20.4. The third-order valence-electron chi connectivity index (χ3n) is 4.48. The Morgan fingerprint density at radius 2 is 1.70 bits per heavy atom. The zero-order valence-electron chi connectivity index (χ0n) is 17.3. The molecule has 172 valence electrons. The molecule has 0 radical (unpaired) electrons. The summed E-state index contributed by atoms with van der Waals surface area (Å²) in [5, 5.41) is 0.862. The molecule has 7 nitrogen and oxygen atoms in total. The van der Waals surface area contributed by atoms with Gasteiger partial charge in [0.05, 0.1) is 11.9 Å². The largest absolute Gasteiger partial charge is 0.443 e. The number of fused-ring (bicyclic) bond motifs is 1. The highest BCUT2D eigenvalue weighted by atomic mass is 35.5. The summed E-state index contributed by atoms with van der Waals surface area (Å²) in [6.45, 7) is 0. The Bertz CT molecular complexity index is 1500. The number of hydrogen-bond acceptors (Lipinski definition) is 6. The van der Waals surface area contributed by atoms with Crippen LogP contribution in [-0.4, -0.2) is 23.1 Å². The molecule has 0 saturated heterocycles. The maximum absolute atomic E-state index is 13.0. The molecule has 1 aromatic heterocycles. The third kappa shape index (κ3) is 6.02. The van der Waals surface area contributed by atoms with E-state index in [9.17, 15) is 16.8 Å². The Hall–Kier alpha value is -2.66. The number of sulfonamides is 2. The Morgan fingerprint density at radius 3 is 2.45 bits per heavy atom. The van der Waals surface area contributed by atoms with E-state index in [4.69, 9.17) is 16.0 Å². The van der Waals surface area contributed by atoms with E-state index < -0.39 is 20.0 Å². The summed E-state index contributed by atoms with van der Waals surface area (Å²) in [5.41, 5.74) is 2.10. The fourth-order valence-electron chi connectivity index (χ4n) is 3.09. The van der Waals surface area contributed by atoms with E-state index in [0.717, 1.165) is 11.8 Å². The quantitative estimate of drug-likeness (QED) is 0.294. The van der Waals surface area contributed by atoms with Crippen LogP contribution in [0.3, 0.4) is 0 Å². The molecule has 0 fully saturated rings. The van der Waals surface area contributed by atoms with Crippen LogP contribution in [0.4, 0.5) is 11.4 Å². The molecular formula is C22H19ClN2O5S3. The zero-order valence-corrected chi connectivity index (χ0v) is 20.5. The molecule has 33 heavy (non-hydrogen) atoms. The first-order valence-electron chi connectivity index (χ1n) is 9.59. The number of furan rings is 1. The SMILES string of the molecule is CS(=O)(=O)Nc1cccc(CSc2ccc(Cl)cc2NS(=O)(=O)c2cc3ccccc3o2)c1. The number of halogens is 1. The lowest BCUT2D eigenvalue weighted by Crippen LogP contribution is -2.12. The molecule has 0 aliphatic rings. The molecule has 0 aliphatic heterocycles. The van der Waals surface area contributed by atoms with Gasteiger partial charge in [0.15, 0.2) is 0 Å². The molecule has 0 unspecified atom stereocenters. The highest BCUT2D eigenvalue weighted by molar-refractivity contribution is 7.98. The van der Waals surface area contributed by atoms with Crippen molar-refractivity contribution < 1.29 is 21.3 Å². The second kappa shape index (κ2) is 9.30. The summed E-state index contributed by atoms with van der Waals surface area (Å²) in [6.07, 6.45) is 1.09. The second-order valence-electron chi connectivity index (χ2n) is 7.21. The van der Waals surface area contributed by atoms with E-state index >= 15 is 0 Å². The first kappa shape index (κ1) is 23.5. The maximum Gasteiger partial charge on any atom is 0.295 e. The highest BCUT2D eigenvalue weighted by Gasteiger charge is 2.21. The van der Waals surface area contributed by atoms with Crippen molar-refractivity contribution >= 4 is 65.8 Å². The van der Waals surface area contributed by atoms with Gasteiger partial charge in [0.2, 0.25) is 15.1 Å². The zero-order chi connectivity index (χ0) is 23.6. The Kier molecular flexibility index (Phi) is 6.62. The number of benzene rings is 3. The van der Waals surface area contributed by atoms with Gasteiger partial charge in [0.1, 0.15) is 5.58 Å². The molecule has 11 heteroatoms. The van der Waals surface area contributed by atoms with E-state index in [1.807, 2.05) is 6.07 Å². The first-order valence-corrected chi connectivity index (χ1v) is 14.3. The van der Waals surface area contributed by atoms with Gasteiger partial charge in [-0.2, -0.15) is 8.42 Å². The molecule has 4 rings (SSSR count). The first-order chi connectivity index (χ1) is 15.6. The van der Waals surface area contributed by atoms with Gasteiger partial charge in [-0.1, -0.05) is 41.9 Å². The number of anilines is 2. The number of thioether (sulfide) groups is 1. The molecular weight excluding hydrogens is 504 g/mol. The van der Waals surface area contributed by atoms with Gasteiger partial charge in [0.25, 0.3) is 10.0 Å². The number of hydrogen-bond donors (Lipinski definition) is 2. The van der Waals surface area contributed by atoms with Crippen LogP contribution in [0, 0.1) is 0 Å². The molecule has 4 aromatic rings. The van der Waals surface area contributed by atoms with Crippen LogP contribution >= 0.6 is 23.4 Å². The lowest BCUT2D eigenvalue weighted by molar-refractivity contribution is 0.484. The average molecular weight is 523 g/mol. The average Bonchev–Trinajstić information content (AvgIpc) is 3.17. The Labute approximate surface area is 201 Å². The van der Waals surface area contributed by atoms with Gasteiger partial charge in [0, 0.05) is 32.8 Å². The lowest BCUT2D eigenvalue weighted by Gasteiger charge is -2.12. The molecule has 1 heterocycles. The standard InChI is InChI=1S/C22H19ClN2O5S3/c1-32(26,27)24-18-7-4-5-15(11-18)14-31-21-10-9-17(23)13-19(21)25-33(28,29)22-12-16-6-2-3-8-20(16)30-22/h2-13,24-25H,14H2,1H3. The van der Waals surface area contributed by atoms with E-state index in [2.05, 4.69) is 9.44 Å². The van der Waals surface area contributed by atoms with Crippen molar-refractivity contribution in [3.05, 3.63) is 83.4 Å². The van der Waals surface area contributed by atoms with E-state index in [1.165, 1.54) is 23.9 Å². The van der Waals surface area contributed by atoms with Crippen LogP contribution in [0.5, 0.6) is 0 Å². The summed E-state index contributed by atoms with van der Waals surface area (Å²) >= 11 is 7.51. The predicted octanol–water partition coefficient (Wildman–Crippen LogP) is 5.55. The molecule has 0 aliphatic carbocycles. The van der Waals surface area contributed by atoms with Crippen LogP contribution in [0.15, 0.2) is 87.2 Å². The lowest BCUT2D eigenvalue weighted by atomic mass is 10.2. The van der Waals surface area contributed by atoms with Gasteiger partial charge in [-0.15, -0.1) is 11.8 Å². The van der Waals surface area contributed by atoms with Crippen molar-refractivity contribution in [2.75, 3.05) is 15.7 Å². The highest BCUT2D eigenvalue weighted by Crippen LogP contribution is 2.34. The molecule has 0 atom stereocenters. The van der Waals surface area contributed by atoms with Crippen LogP contribution < -0.4 is 9.44 Å². The molecule has 0 spiro atoms. The van der Waals surface area contributed by atoms with Crippen molar-refractivity contribution in [1.82, 2.24) is 0 Å². The molecule has 0 saturated carbocycles. The summed E-state index contributed by atoms with van der Waals surface area (Å²) in [5.74, 6) is 0.472. The monoisotopic (exact) mass is 522 g/mol. The van der Waals surface area contributed by atoms with Crippen molar-refractivity contribution in [1.29, 1.82) is 0 Å². The van der Waals surface area contributed by atoms with E-state index in [0.29, 0.717) is 38.0 Å². The van der Waals surface area contributed by atoms with Gasteiger partial charge in [-0.05, 0) is 42.0 Å². The van der Waals surface area contributed by atoms with Crippen molar-refractivity contribution in [2.24, 2.45) is 0 Å². The number of para-hydroxylation sites is 1. The minimum Gasteiger partial charge on any atom is -0.443 e. The summed E-state index contributed by atoms with van der Waals surface area (Å²) < 4.78 is 59.4. The Balaban J connectivity index is 1.56. The second-order valence-corrected chi connectivity index (χ2v) is 12.0. The van der Waals surface area contributed by atoms with Gasteiger partial charge < -0.3 is 4.42 Å². The fraction of sp³-hybridized carbons (Fsp3) is 0.0909. The van der Waals surface area contributed by atoms with Crippen LogP contribution in [0.25, 0.3) is 11.0 Å². The van der Waals surface area contributed by atoms with E-state index in [-0.39, 0.29) is 5.09 Å². The predicted molar refractivity (Wildman–Crippen MR) is 133 cm³/mol. The molecule has 2 N–H and O–H groups in total. The van der Waals surface area contributed by atoms with Crippen molar-refractivity contribution in [3.8, 4) is 0 Å². The summed E-state index contributed by atoms with van der Waals surface area (Å²) in [4.78, 5) is 0.653. The van der Waals surface area contributed by atoms with E-state index in [1.54, 1.807) is 54.6 Å². The molecule has 0 amide bonds. The minimum absolute atomic E-state index is 0.195. The van der Waals surface area contributed by atoms with Crippen molar-refractivity contribution in [3.63, 3.8) is 0 Å². The van der Waals surface area contributed by atoms with Crippen molar-refractivity contribution in [2.45, 2.75) is 15.7 Å². The summed E-state index contributed by atoms with van der Waals surface area (Å²) in [7, 11) is -7.38. The smallest absolute Gasteiger partial charge is 0.295 e. The number of nitrogens with one attached hydrogen (secondary N) is 2. The fourth-order valence-corrected chi connectivity index (χ4v) is 5.86. The third-order valence-corrected chi connectivity index (χ3v) is 7.68. The molecule has 3 aromatic carbocycles. The van der Waals surface area contributed by atoms with Crippen LogP contribution in [0.2, 0.25) is 5.02 Å². The normalized spacial score (nSPS) is 12.1.